The van der Waals surface area contributed by atoms with E-state index in [2.05, 4.69) is 14.9 Å². The Hall–Kier alpha value is -1.01. The topological polar surface area (TPSA) is 75.1 Å². The third-order valence-corrected chi connectivity index (χ3v) is 3.66. The first-order valence-electron chi connectivity index (χ1n) is 5.64. The molecule has 2 N–H and O–H groups in total. The van der Waals surface area contributed by atoms with E-state index in [-0.39, 0.29) is 17.9 Å². The summed E-state index contributed by atoms with van der Waals surface area (Å²) in [5.41, 5.74) is 0.125. The van der Waals surface area contributed by atoms with Crippen molar-refractivity contribution >= 4 is 17.4 Å². The SMILES string of the molecule is CC(C)(C)c1nnsc1C(=O)NC1(CO)CC1. The first-order valence-corrected chi connectivity index (χ1v) is 6.41. The molecule has 1 aliphatic rings. The maximum atomic E-state index is 12.1. The number of amides is 1. The number of hydrogen-bond donors (Lipinski definition) is 2. The van der Waals surface area contributed by atoms with E-state index in [0.717, 1.165) is 24.4 Å². The van der Waals surface area contributed by atoms with Gasteiger partial charge in [0.25, 0.3) is 5.91 Å². The molecule has 0 radical (unpaired) electrons. The summed E-state index contributed by atoms with van der Waals surface area (Å²) in [7, 11) is 0. The van der Waals surface area contributed by atoms with Gasteiger partial charge >= 0.3 is 0 Å². The molecule has 0 saturated heterocycles. The van der Waals surface area contributed by atoms with Crippen molar-refractivity contribution in [2.24, 2.45) is 0 Å². The van der Waals surface area contributed by atoms with Crippen LogP contribution in [0.4, 0.5) is 0 Å². The molecule has 1 amide bonds. The zero-order valence-electron chi connectivity index (χ0n) is 10.3. The maximum absolute atomic E-state index is 12.1. The Morgan fingerprint density at radius 1 is 1.53 bits per heavy atom. The number of nitrogens with one attached hydrogen (secondary N) is 1. The molecule has 1 saturated carbocycles. The first-order chi connectivity index (χ1) is 7.88. The summed E-state index contributed by atoms with van der Waals surface area (Å²) in [5, 5.41) is 16.1. The largest absolute Gasteiger partial charge is 0.394 e. The fraction of sp³-hybridized carbons (Fsp3) is 0.727. The summed E-state index contributed by atoms with van der Waals surface area (Å²) in [6.07, 6.45) is 1.68. The average Bonchev–Trinajstić information content (AvgIpc) is 2.81. The molecule has 17 heavy (non-hydrogen) atoms. The molecule has 6 heteroatoms. The molecular weight excluding hydrogens is 238 g/mol. The van der Waals surface area contributed by atoms with Crippen LogP contribution in [0.15, 0.2) is 0 Å². The predicted molar refractivity (Wildman–Crippen MR) is 65.1 cm³/mol. The number of aromatic nitrogens is 2. The van der Waals surface area contributed by atoms with Crippen molar-refractivity contribution < 1.29 is 9.90 Å². The van der Waals surface area contributed by atoms with Gasteiger partial charge in [-0.15, -0.1) is 5.10 Å². The molecule has 1 aromatic rings. The quantitative estimate of drug-likeness (QED) is 0.848. The van der Waals surface area contributed by atoms with Gasteiger partial charge in [0.2, 0.25) is 0 Å². The van der Waals surface area contributed by atoms with Gasteiger partial charge in [0.1, 0.15) is 4.88 Å². The molecule has 0 atom stereocenters. The molecule has 1 aromatic heterocycles. The lowest BCUT2D eigenvalue weighted by molar-refractivity contribution is 0.0908. The lowest BCUT2D eigenvalue weighted by Gasteiger charge is -2.18. The molecule has 1 fully saturated rings. The zero-order chi connectivity index (χ0) is 12.7. The Balaban J connectivity index is 2.18. The van der Waals surface area contributed by atoms with Gasteiger partial charge in [-0.3, -0.25) is 4.79 Å². The van der Waals surface area contributed by atoms with Gasteiger partial charge in [0.15, 0.2) is 0 Å². The Labute approximate surface area is 104 Å². The van der Waals surface area contributed by atoms with Crippen LogP contribution < -0.4 is 5.32 Å². The molecule has 2 rings (SSSR count). The van der Waals surface area contributed by atoms with E-state index >= 15 is 0 Å². The van der Waals surface area contributed by atoms with Crippen molar-refractivity contribution in [3.8, 4) is 0 Å². The smallest absolute Gasteiger partial charge is 0.265 e. The number of rotatable bonds is 3. The van der Waals surface area contributed by atoms with E-state index in [4.69, 9.17) is 0 Å². The standard InChI is InChI=1S/C11H17N3O2S/c1-10(2,3)8-7(17-14-13-8)9(16)12-11(6-15)4-5-11/h15H,4-6H2,1-3H3,(H,12,16). The van der Waals surface area contributed by atoms with Crippen molar-refractivity contribution in [3.05, 3.63) is 10.6 Å². The molecule has 0 aromatic carbocycles. The van der Waals surface area contributed by atoms with Gasteiger partial charge in [0.05, 0.1) is 17.8 Å². The fourth-order valence-corrected chi connectivity index (χ4v) is 2.37. The van der Waals surface area contributed by atoms with Crippen molar-refractivity contribution in [3.63, 3.8) is 0 Å². The van der Waals surface area contributed by atoms with Crippen LogP contribution in [0.3, 0.4) is 0 Å². The Morgan fingerprint density at radius 3 is 2.65 bits per heavy atom. The molecule has 94 valence electrons. The monoisotopic (exact) mass is 255 g/mol. The van der Waals surface area contributed by atoms with Gasteiger partial charge in [0, 0.05) is 5.41 Å². The van der Waals surface area contributed by atoms with Crippen LogP contribution in [-0.4, -0.2) is 32.7 Å². The molecule has 0 unspecified atom stereocenters. The second-order valence-electron chi connectivity index (χ2n) is 5.59. The Bertz CT molecular complexity index is 432. The van der Waals surface area contributed by atoms with Gasteiger partial charge in [-0.1, -0.05) is 25.3 Å². The summed E-state index contributed by atoms with van der Waals surface area (Å²) in [5.74, 6) is -0.170. The molecule has 0 spiro atoms. The lowest BCUT2D eigenvalue weighted by atomic mass is 9.91. The highest BCUT2D eigenvalue weighted by atomic mass is 32.1. The average molecular weight is 255 g/mol. The van der Waals surface area contributed by atoms with Crippen molar-refractivity contribution in [2.45, 2.75) is 44.6 Å². The summed E-state index contributed by atoms with van der Waals surface area (Å²) < 4.78 is 3.85. The van der Waals surface area contributed by atoms with Crippen molar-refractivity contribution in [1.29, 1.82) is 0 Å². The molecular formula is C11H17N3O2S. The molecule has 5 nitrogen and oxygen atoms in total. The van der Waals surface area contributed by atoms with Crippen LogP contribution in [0.2, 0.25) is 0 Å². The number of carbonyl (C=O) groups excluding carboxylic acids is 1. The second kappa shape index (κ2) is 4.03. The minimum atomic E-state index is -0.393. The summed E-state index contributed by atoms with van der Waals surface area (Å²) in [6.45, 7) is 5.99. The van der Waals surface area contributed by atoms with Crippen LogP contribution in [0.5, 0.6) is 0 Å². The zero-order valence-corrected chi connectivity index (χ0v) is 11.1. The van der Waals surface area contributed by atoms with Crippen LogP contribution in [0.25, 0.3) is 0 Å². The first kappa shape index (κ1) is 12.4. The predicted octanol–water partition coefficient (Wildman–Crippen LogP) is 1.09. The number of nitrogens with zero attached hydrogens (tertiary/aromatic N) is 2. The van der Waals surface area contributed by atoms with E-state index in [1.54, 1.807) is 0 Å². The van der Waals surface area contributed by atoms with E-state index in [9.17, 15) is 9.90 Å². The van der Waals surface area contributed by atoms with Crippen LogP contribution >= 0.6 is 11.5 Å². The third-order valence-electron chi connectivity index (χ3n) is 2.94. The molecule has 1 heterocycles. The second-order valence-corrected chi connectivity index (χ2v) is 6.35. The maximum Gasteiger partial charge on any atom is 0.265 e. The van der Waals surface area contributed by atoms with E-state index < -0.39 is 5.54 Å². The minimum absolute atomic E-state index is 0.00414. The summed E-state index contributed by atoms with van der Waals surface area (Å²) >= 11 is 1.11. The van der Waals surface area contributed by atoms with Gasteiger partial charge in [-0.2, -0.15) is 0 Å². The highest BCUT2D eigenvalue weighted by Crippen LogP contribution is 2.35. The van der Waals surface area contributed by atoms with E-state index in [1.165, 1.54) is 0 Å². The van der Waals surface area contributed by atoms with Crippen LogP contribution in [-0.2, 0) is 5.41 Å². The van der Waals surface area contributed by atoms with Crippen LogP contribution in [0.1, 0.15) is 49.0 Å². The van der Waals surface area contributed by atoms with Gasteiger partial charge < -0.3 is 10.4 Å². The molecule has 1 aliphatic carbocycles. The number of hydrogen-bond acceptors (Lipinski definition) is 5. The third kappa shape index (κ3) is 2.47. The lowest BCUT2D eigenvalue weighted by Crippen LogP contribution is -2.40. The number of aliphatic hydroxyl groups excluding tert-OH is 1. The summed E-state index contributed by atoms with van der Waals surface area (Å²) in [6, 6.07) is 0. The normalized spacial score (nSPS) is 17.9. The molecule has 0 bridgehead atoms. The van der Waals surface area contributed by atoms with Crippen LogP contribution in [0, 0.1) is 0 Å². The van der Waals surface area contributed by atoms with Gasteiger partial charge in [-0.25, -0.2) is 0 Å². The summed E-state index contributed by atoms with van der Waals surface area (Å²) in [4.78, 5) is 12.6. The Kier molecular flexibility index (Phi) is 2.95. The van der Waals surface area contributed by atoms with Crippen molar-refractivity contribution in [2.75, 3.05) is 6.61 Å². The number of aliphatic hydroxyl groups is 1. The molecule has 0 aliphatic heterocycles. The highest BCUT2D eigenvalue weighted by Gasteiger charge is 2.44. The number of carbonyl (C=O) groups is 1. The van der Waals surface area contributed by atoms with Crippen molar-refractivity contribution in [1.82, 2.24) is 14.9 Å². The Morgan fingerprint density at radius 2 is 2.18 bits per heavy atom. The van der Waals surface area contributed by atoms with E-state index in [0.29, 0.717) is 10.6 Å². The van der Waals surface area contributed by atoms with E-state index in [1.807, 2.05) is 20.8 Å². The van der Waals surface area contributed by atoms with Gasteiger partial charge in [-0.05, 0) is 24.4 Å². The minimum Gasteiger partial charge on any atom is -0.394 e. The highest BCUT2D eigenvalue weighted by molar-refractivity contribution is 7.08. The fourth-order valence-electron chi connectivity index (χ4n) is 1.60.